The summed E-state index contributed by atoms with van der Waals surface area (Å²) >= 11 is 3.12. The first-order chi connectivity index (χ1) is 14.2. The maximum Gasteiger partial charge on any atom is 0.321 e. The lowest BCUT2D eigenvalue weighted by molar-refractivity contribution is -0.147. The Morgan fingerprint density at radius 3 is 2.33 bits per heavy atom. The van der Waals surface area contributed by atoms with Crippen LogP contribution in [0.5, 0.6) is 11.5 Å². The van der Waals surface area contributed by atoms with E-state index < -0.39 is 35.0 Å². The Morgan fingerprint density at radius 2 is 1.77 bits per heavy atom. The van der Waals surface area contributed by atoms with Gasteiger partial charge in [0.2, 0.25) is 0 Å². The van der Waals surface area contributed by atoms with E-state index in [4.69, 9.17) is 9.15 Å². The molecule has 1 aromatic heterocycles. The molecule has 0 saturated carbocycles. The van der Waals surface area contributed by atoms with E-state index in [0.717, 1.165) is 11.8 Å². The highest BCUT2D eigenvalue weighted by Crippen LogP contribution is 2.48. The number of rotatable bonds is 6. The van der Waals surface area contributed by atoms with Gasteiger partial charge in [-0.3, -0.25) is 14.4 Å². The first-order valence-corrected chi connectivity index (χ1v) is 9.91. The second-order valence-corrected chi connectivity index (χ2v) is 7.56. The van der Waals surface area contributed by atoms with Gasteiger partial charge in [0.05, 0.1) is 22.0 Å². The summed E-state index contributed by atoms with van der Waals surface area (Å²) in [6.07, 6.45) is 1.13. The van der Waals surface area contributed by atoms with Crippen molar-refractivity contribution in [1.29, 1.82) is 0 Å². The molecule has 3 aromatic rings. The Kier molecular flexibility index (Phi) is 5.98. The van der Waals surface area contributed by atoms with Gasteiger partial charge in [0.1, 0.15) is 23.5 Å². The smallest absolute Gasteiger partial charge is 0.321 e. The number of ether oxygens (including phenoxy) is 1. The molecular weight excluding hydrogens is 456 g/mol. The van der Waals surface area contributed by atoms with Crippen molar-refractivity contribution < 1.29 is 33.8 Å². The largest absolute Gasteiger partial charge is 0.504 e. The number of halogens is 1. The number of aromatic hydroxyl groups is 2. The van der Waals surface area contributed by atoms with Crippen LogP contribution in [0.2, 0.25) is 0 Å². The van der Waals surface area contributed by atoms with Gasteiger partial charge < -0.3 is 19.4 Å². The molecule has 156 valence electrons. The number of ketones is 2. The van der Waals surface area contributed by atoms with E-state index in [-0.39, 0.29) is 33.2 Å². The van der Waals surface area contributed by atoms with Gasteiger partial charge in [-0.2, -0.15) is 0 Å². The predicted molar refractivity (Wildman–Crippen MR) is 112 cm³/mol. The van der Waals surface area contributed by atoms with Crippen molar-refractivity contribution in [3.63, 3.8) is 0 Å². The number of phenolic OH excluding ortho intramolecular Hbond substituents is 2. The van der Waals surface area contributed by atoms with Crippen molar-refractivity contribution in [3.05, 3.63) is 57.3 Å². The number of esters is 1. The molecule has 0 unspecified atom stereocenters. The van der Waals surface area contributed by atoms with Crippen LogP contribution in [-0.2, 0) is 14.3 Å². The average molecular weight is 475 g/mol. The minimum absolute atomic E-state index is 0.0124. The SMILES string of the molecule is CCOC(=O)[C@@H](C(C)=O)c1c(Br)c(O)c(O)c2c(C(=O)c3ccc(C)cc3)coc12. The molecule has 2 N–H and O–H groups in total. The van der Waals surface area contributed by atoms with Crippen LogP contribution in [0.1, 0.15) is 46.8 Å². The summed E-state index contributed by atoms with van der Waals surface area (Å²) in [5, 5.41) is 20.9. The summed E-state index contributed by atoms with van der Waals surface area (Å²) in [4.78, 5) is 37.7. The fourth-order valence-corrected chi connectivity index (χ4v) is 3.84. The molecule has 0 saturated heterocycles. The van der Waals surface area contributed by atoms with Crippen LogP contribution in [-0.4, -0.2) is 34.4 Å². The molecule has 0 aliphatic carbocycles. The molecule has 2 aromatic carbocycles. The van der Waals surface area contributed by atoms with Crippen LogP contribution in [0.25, 0.3) is 11.0 Å². The monoisotopic (exact) mass is 474 g/mol. The van der Waals surface area contributed by atoms with E-state index in [1.54, 1.807) is 31.2 Å². The van der Waals surface area contributed by atoms with Gasteiger partial charge in [-0.25, -0.2) is 0 Å². The van der Waals surface area contributed by atoms with Gasteiger partial charge in [-0.15, -0.1) is 0 Å². The van der Waals surface area contributed by atoms with E-state index >= 15 is 0 Å². The number of benzene rings is 2. The maximum atomic E-state index is 13.0. The van der Waals surface area contributed by atoms with E-state index in [0.29, 0.717) is 5.56 Å². The number of hydrogen-bond donors (Lipinski definition) is 2. The van der Waals surface area contributed by atoms with Crippen LogP contribution >= 0.6 is 15.9 Å². The number of phenols is 2. The molecular formula is C22H19BrO7. The fourth-order valence-electron chi connectivity index (χ4n) is 3.24. The third kappa shape index (κ3) is 3.59. The molecule has 0 spiro atoms. The zero-order valence-corrected chi connectivity index (χ0v) is 18.1. The van der Waals surface area contributed by atoms with Crippen LogP contribution in [0.15, 0.2) is 39.4 Å². The molecule has 1 heterocycles. The summed E-state index contributed by atoms with van der Waals surface area (Å²) < 4.78 is 10.4. The lowest BCUT2D eigenvalue weighted by Crippen LogP contribution is -2.23. The quantitative estimate of drug-likeness (QED) is 0.235. The lowest BCUT2D eigenvalue weighted by Gasteiger charge is -2.17. The third-order valence-electron chi connectivity index (χ3n) is 4.72. The van der Waals surface area contributed by atoms with Gasteiger partial charge >= 0.3 is 5.97 Å². The lowest BCUT2D eigenvalue weighted by atomic mass is 9.91. The molecule has 30 heavy (non-hydrogen) atoms. The van der Waals surface area contributed by atoms with Gasteiger partial charge in [0.15, 0.2) is 17.3 Å². The molecule has 0 aliphatic rings. The molecule has 0 amide bonds. The average Bonchev–Trinajstić information content (AvgIpc) is 3.14. The number of aryl methyl sites for hydroxylation is 1. The summed E-state index contributed by atoms with van der Waals surface area (Å²) in [5.74, 6) is -4.47. The summed E-state index contributed by atoms with van der Waals surface area (Å²) in [6.45, 7) is 4.72. The topological polar surface area (TPSA) is 114 Å². The van der Waals surface area contributed by atoms with E-state index in [1.807, 2.05) is 6.92 Å². The first-order valence-electron chi connectivity index (χ1n) is 9.11. The predicted octanol–water partition coefficient (Wildman–Crippen LogP) is 4.38. The zero-order chi connectivity index (χ0) is 22.2. The first kappa shape index (κ1) is 21.6. The minimum Gasteiger partial charge on any atom is -0.504 e. The Balaban J connectivity index is 2.29. The number of fused-ring (bicyclic) bond motifs is 1. The molecule has 1 atom stereocenters. The number of furan rings is 1. The van der Waals surface area contributed by atoms with E-state index in [1.165, 1.54) is 6.92 Å². The Labute approximate surface area is 180 Å². The summed E-state index contributed by atoms with van der Waals surface area (Å²) in [5.41, 5.74) is 1.21. The highest BCUT2D eigenvalue weighted by Gasteiger charge is 2.36. The van der Waals surface area contributed by atoms with Crippen molar-refractivity contribution >= 4 is 44.4 Å². The molecule has 0 fully saturated rings. The van der Waals surface area contributed by atoms with Crippen molar-refractivity contribution in [2.75, 3.05) is 6.61 Å². The Morgan fingerprint density at radius 1 is 1.13 bits per heavy atom. The third-order valence-corrected chi connectivity index (χ3v) is 5.52. The van der Waals surface area contributed by atoms with Gasteiger partial charge in [0.25, 0.3) is 0 Å². The van der Waals surface area contributed by atoms with Crippen LogP contribution in [0.3, 0.4) is 0 Å². The maximum absolute atomic E-state index is 13.0. The van der Waals surface area contributed by atoms with E-state index in [9.17, 15) is 24.6 Å². The number of hydrogen-bond acceptors (Lipinski definition) is 7. The zero-order valence-electron chi connectivity index (χ0n) is 16.5. The van der Waals surface area contributed by atoms with Crippen LogP contribution in [0, 0.1) is 6.92 Å². The fraction of sp³-hybridized carbons (Fsp3) is 0.227. The van der Waals surface area contributed by atoms with Crippen molar-refractivity contribution in [1.82, 2.24) is 0 Å². The standard InChI is InChI=1S/C22H19BrO7/c1-4-29-22(28)14(11(3)24)16-17(23)20(27)19(26)15-13(9-30-21(15)16)18(25)12-7-5-10(2)6-8-12/h5-9,14,26-27H,4H2,1-3H3/t14-/m0/s1. The molecule has 0 aliphatic heterocycles. The Hall–Kier alpha value is -3.13. The number of carbonyl (C=O) groups excluding carboxylic acids is 3. The molecule has 0 radical (unpaired) electrons. The number of Topliss-reactive ketones (excluding diaryl/α,β-unsaturated/α-hetero) is 1. The van der Waals surface area contributed by atoms with Gasteiger partial charge in [-0.1, -0.05) is 29.8 Å². The van der Waals surface area contributed by atoms with Crippen molar-refractivity contribution in [3.8, 4) is 11.5 Å². The molecule has 8 heteroatoms. The highest BCUT2D eigenvalue weighted by atomic mass is 79.9. The highest BCUT2D eigenvalue weighted by molar-refractivity contribution is 9.10. The van der Waals surface area contributed by atoms with Crippen LogP contribution < -0.4 is 0 Å². The second-order valence-electron chi connectivity index (χ2n) is 6.77. The minimum atomic E-state index is -1.41. The van der Waals surface area contributed by atoms with Crippen molar-refractivity contribution in [2.45, 2.75) is 26.7 Å². The second kappa shape index (κ2) is 8.31. The van der Waals surface area contributed by atoms with Gasteiger partial charge in [0, 0.05) is 11.1 Å². The summed E-state index contributed by atoms with van der Waals surface area (Å²) in [7, 11) is 0. The molecule has 7 nitrogen and oxygen atoms in total. The molecule has 3 rings (SSSR count). The normalized spacial score (nSPS) is 12.0. The summed E-state index contributed by atoms with van der Waals surface area (Å²) in [6, 6.07) is 6.79. The molecule has 0 bridgehead atoms. The van der Waals surface area contributed by atoms with Crippen LogP contribution in [0.4, 0.5) is 0 Å². The van der Waals surface area contributed by atoms with E-state index in [2.05, 4.69) is 15.9 Å². The number of carbonyl (C=O) groups is 3. The van der Waals surface area contributed by atoms with Gasteiger partial charge in [-0.05, 0) is 36.7 Å². The Bertz CT molecular complexity index is 1160. The van der Waals surface area contributed by atoms with Crippen molar-refractivity contribution in [2.24, 2.45) is 0 Å².